The number of primary amides is 1. The molecule has 0 aromatic heterocycles. The van der Waals surface area contributed by atoms with Crippen molar-refractivity contribution in [3.8, 4) is 0 Å². The van der Waals surface area contributed by atoms with E-state index < -0.39 is 27.9 Å². The lowest BCUT2D eigenvalue weighted by Gasteiger charge is -2.37. The molecule has 0 aromatic rings. The Labute approximate surface area is 92.4 Å². The summed E-state index contributed by atoms with van der Waals surface area (Å²) in [7, 11) is 4.19. The van der Waals surface area contributed by atoms with Gasteiger partial charge in [-0.25, -0.2) is 9.59 Å². The van der Waals surface area contributed by atoms with Gasteiger partial charge in [0.05, 0.1) is 21.1 Å². The van der Waals surface area contributed by atoms with E-state index in [1.807, 2.05) is 0 Å². The van der Waals surface area contributed by atoms with E-state index in [4.69, 9.17) is 15.9 Å². The SMILES string of the molecule is C[N+](C)(C)C(C=CC(N)=O)(C(=O)O)C(=O)O. The molecule has 0 aliphatic rings. The van der Waals surface area contributed by atoms with Crippen molar-refractivity contribution >= 4 is 17.8 Å². The number of carboxylic acids is 2. The van der Waals surface area contributed by atoms with Gasteiger partial charge in [-0.3, -0.25) is 4.79 Å². The highest BCUT2D eigenvalue weighted by molar-refractivity contribution is 6.05. The van der Waals surface area contributed by atoms with Gasteiger partial charge in [-0.15, -0.1) is 0 Å². The Morgan fingerprint density at radius 3 is 1.69 bits per heavy atom. The van der Waals surface area contributed by atoms with Crippen LogP contribution in [0.3, 0.4) is 0 Å². The predicted molar refractivity (Wildman–Crippen MR) is 54.4 cm³/mol. The maximum absolute atomic E-state index is 11.1. The highest BCUT2D eigenvalue weighted by Crippen LogP contribution is 2.21. The summed E-state index contributed by atoms with van der Waals surface area (Å²) >= 11 is 0. The van der Waals surface area contributed by atoms with E-state index in [-0.39, 0.29) is 0 Å². The first-order chi connectivity index (χ1) is 7.05. The van der Waals surface area contributed by atoms with Crippen LogP contribution in [0.2, 0.25) is 0 Å². The molecule has 0 fully saturated rings. The van der Waals surface area contributed by atoms with Gasteiger partial charge < -0.3 is 20.4 Å². The number of hydrogen-bond donors (Lipinski definition) is 3. The number of amides is 1. The van der Waals surface area contributed by atoms with Crippen LogP contribution in [0.15, 0.2) is 12.2 Å². The molecule has 1 amide bonds. The number of rotatable bonds is 5. The third-order valence-corrected chi connectivity index (χ3v) is 2.20. The molecule has 0 atom stereocenters. The fourth-order valence-corrected chi connectivity index (χ4v) is 1.23. The van der Waals surface area contributed by atoms with Crippen molar-refractivity contribution in [1.29, 1.82) is 0 Å². The van der Waals surface area contributed by atoms with Crippen LogP contribution in [-0.2, 0) is 14.4 Å². The standard InChI is InChI=1S/C9H14N2O5/c1-11(2,3)9(7(13)14,8(15)16)5-4-6(10)12/h4-5H,1-3H3,(H3-,10,12,13,14,15,16)/p+1. The molecule has 7 nitrogen and oxygen atoms in total. The quantitative estimate of drug-likeness (QED) is 0.307. The summed E-state index contributed by atoms with van der Waals surface area (Å²) in [4.78, 5) is 32.8. The first kappa shape index (κ1) is 14.1. The Kier molecular flexibility index (Phi) is 3.80. The topological polar surface area (TPSA) is 118 Å². The van der Waals surface area contributed by atoms with Crippen LogP contribution in [0.25, 0.3) is 0 Å². The van der Waals surface area contributed by atoms with E-state index in [1.165, 1.54) is 21.1 Å². The van der Waals surface area contributed by atoms with E-state index in [2.05, 4.69) is 0 Å². The fraction of sp³-hybridized carbons (Fsp3) is 0.444. The minimum Gasteiger partial charge on any atom is -0.476 e. The average Bonchev–Trinajstić information content (AvgIpc) is 1.99. The first-order valence-electron chi connectivity index (χ1n) is 4.32. The van der Waals surface area contributed by atoms with Gasteiger partial charge >= 0.3 is 17.5 Å². The third-order valence-electron chi connectivity index (χ3n) is 2.20. The van der Waals surface area contributed by atoms with Gasteiger partial charge in [-0.05, 0) is 0 Å². The predicted octanol–water partition coefficient (Wildman–Crippen LogP) is -1.36. The Hall–Kier alpha value is -1.89. The van der Waals surface area contributed by atoms with E-state index in [1.54, 1.807) is 0 Å². The molecular weight excluding hydrogens is 216 g/mol. The molecule has 0 unspecified atom stereocenters. The molecular formula is C9H15N2O5+. The summed E-state index contributed by atoms with van der Waals surface area (Å²) < 4.78 is -0.415. The second kappa shape index (κ2) is 4.31. The van der Waals surface area contributed by atoms with Gasteiger partial charge in [-0.1, -0.05) is 0 Å². The van der Waals surface area contributed by atoms with Crippen molar-refractivity contribution in [3.63, 3.8) is 0 Å². The maximum Gasteiger partial charge on any atom is 0.382 e. The Morgan fingerprint density at radius 1 is 1.12 bits per heavy atom. The van der Waals surface area contributed by atoms with Crippen molar-refractivity contribution < 1.29 is 29.1 Å². The van der Waals surface area contributed by atoms with Gasteiger partial charge in [-0.2, -0.15) is 0 Å². The number of hydrogen-bond acceptors (Lipinski definition) is 3. The monoisotopic (exact) mass is 231 g/mol. The van der Waals surface area contributed by atoms with E-state index >= 15 is 0 Å². The summed E-state index contributed by atoms with van der Waals surface area (Å²) in [6.45, 7) is 0. The number of carboxylic acid groups (broad SMARTS) is 2. The second-order valence-corrected chi connectivity index (χ2v) is 4.12. The van der Waals surface area contributed by atoms with Crippen LogP contribution in [0.4, 0.5) is 0 Å². The zero-order valence-electron chi connectivity index (χ0n) is 9.30. The molecule has 90 valence electrons. The number of quaternary nitrogens is 1. The first-order valence-corrected chi connectivity index (χ1v) is 4.32. The van der Waals surface area contributed by atoms with Crippen LogP contribution in [0, 0.1) is 0 Å². The summed E-state index contributed by atoms with van der Waals surface area (Å²) in [5.41, 5.74) is 2.58. The molecule has 0 aromatic carbocycles. The molecule has 16 heavy (non-hydrogen) atoms. The summed E-state index contributed by atoms with van der Waals surface area (Å²) in [5.74, 6) is -4.03. The fourth-order valence-electron chi connectivity index (χ4n) is 1.23. The number of nitrogens with two attached hydrogens (primary N) is 1. The lowest BCUT2D eigenvalue weighted by Crippen LogP contribution is -2.65. The van der Waals surface area contributed by atoms with E-state index in [0.717, 1.165) is 12.2 Å². The van der Waals surface area contributed by atoms with Crippen LogP contribution in [-0.4, -0.2) is 59.2 Å². The lowest BCUT2D eigenvalue weighted by molar-refractivity contribution is -0.897. The molecule has 0 radical (unpaired) electrons. The molecule has 0 bridgehead atoms. The second-order valence-electron chi connectivity index (χ2n) is 4.12. The number of carbonyl (C=O) groups excluding carboxylic acids is 1. The highest BCUT2D eigenvalue weighted by Gasteiger charge is 2.56. The summed E-state index contributed by atoms with van der Waals surface area (Å²) in [6.07, 6.45) is 1.53. The van der Waals surface area contributed by atoms with E-state index in [9.17, 15) is 14.4 Å². The largest absolute Gasteiger partial charge is 0.476 e. The van der Waals surface area contributed by atoms with Crippen molar-refractivity contribution in [3.05, 3.63) is 12.2 Å². The minimum atomic E-state index is -2.24. The van der Waals surface area contributed by atoms with Crippen molar-refractivity contribution in [2.75, 3.05) is 21.1 Å². The van der Waals surface area contributed by atoms with E-state index in [0.29, 0.717) is 0 Å². The van der Waals surface area contributed by atoms with Crippen molar-refractivity contribution in [1.82, 2.24) is 0 Å². The van der Waals surface area contributed by atoms with Crippen LogP contribution in [0.1, 0.15) is 0 Å². The smallest absolute Gasteiger partial charge is 0.382 e. The minimum absolute atomic E-state index is 0.415. The zero-order chi connectivity index (χ0) is 13.1. The van der Waals surface area contributed by atoms with Gasteiger partial charge in [0.25, 0.3) is 0 Å². The number of aliphatic carboxylic acids is 2. The van der Waals surface area contributed by atoms with Gasteiger partial charge in [0, 0.05) is 12.2 Å². The highest BCUT2D eigenvalue weighted by atomic mass is 16.4. The van der Waals surface area contributed by atoms with Crippen LogP contribution in [0.5, 0.6) is 0 Å². The molecule has 0 spiro atoms. The lowest BCUT2D eigenvalue weighted by atomic mass is 9.95. The average molecular weight is 231 g/mol. The molecule has 0 saturated heterocycles. The van der Waals surface area contributed by atoms with Gasteiger partial charge in [0.15, 0.2) is 0 Å². The molecule has 0 aliphatic heterocycles. The molecule has 0 heterocycles. The Balaban J connectivity index is 5.75. The number of likely N-dealkylation sites (N-methyl/N-ethyl adjacent to an activating group) is 1. The number of carbonyl (C=O) groups is 3. The molecule has 0 aliphatic carbocycles. The van der Waals surface area contributed by atoms with Gasteiger partial charge in [0.2, 0.25) is 5.91 Å². The maximum atomic E-state index is 11.1. The molecule has 7 heteroatoms. The van der Waals surface area contributed by atoms with Gasteiger partial charge in [0.1, 0.15) is 0 Å². The van der Waals surface area contributed by atoms with Crippen molar-refractivity contribution in [2.45, 2.75) is 5.54 Å². The number of nitrogens with zero attached hydrogens (tertiary/aromatic N) is 1. The Morgan fingerprint density at radius 2 is 1.50 bits per heavy atom. The summed E-state index contributed by atoms with van der Waals surface area (Å²) in [6, 6.07) is 0. The van der Waals surface area contributed by atoms with Crippen LogP contribution >= 0.6 is 0 Å². The molecule has 0 saturated carbocycles. The molecule has 0 rings (SSSR count). The Bertz CT molecular complexity index is 339. The van der Waals surface area contributed by atoms with Crippen LogP contribution < -0.4 is 5.73 Å². The third kappa shape index (κ3) is 2.37. The van der Waals surface area contributed by atoms with Crippen molar-refractivity contribution in [2.24, 2.45) is 5.73 Å². The zero-order valence-corrected chi connectivity index (χ0v) is 9.30. The summed E-state index contributed by atoms with van der Waals surface area (Å²) in [5, 5.41) is 18.1. The normalized spacial score (nSPS) is 12.7. The molecule has 4 N–H and O–H groups in total.